The minimum atomic E-state index is -0.300. The minimum absolute atomic E-state index is 0.0161. The van der Waals surface area contributed by atoms with Gasteiger partial charge in [-0.1, -0.05) is 50.2 Å². The average molecular weight is 433 g/mol. The number of likely N-dealkylation sites (tertiary alicyclic amines) is 1. The highest BCUT2D eigenvalue weighted by molar-refractivity contribution is 5.97. The van der Waals surface area contributed by atoms with E-state index in [1.165, 1.54) is 28.5 Å². The van der Waals surface area contributed by atoms with Gasteiger partial charge in [0.1, 0.15) is 5.82 Å². The topological polar surface area (TPSA) is 23.6 Å². The summed E-state index contributed by atoms with van der Waals surface area (Å²) in [5.41, 5.74) is 1.97. The number of carbonyl (C=O) groups is 1. The molecule has 0 N–H and O–H groups in total. The van der Waals surface area contributed by atoms with E-state index in [9.17, 15) is 9.18 Å². The van der Waals surface area contributed by atoms with Crippen LogP contribution in [0.25, 0.3) is 10.8 Å². The maximum absolute atomic E-state index is 13.2. The third-order valence-corrected chi connectivity index (χ3v) is 6.95. The Morgan fingerprint density at radius 3 is 2.28 bits per heavy atom. The summed E-state index contributed by atoms with van der Waals surface area (Å²) in [6, 6.07) is 21.6. The monoisotopic (exact) mass is 432 g/mol. The van der Waals surface area contributed by atoms with Gasteiger partial charge in [0, 0.05) is 24.1 Å². The van der Waals surface area contributed by atoms with Crippen molar-refractivity contribution >= 4 is 16.6 Å². The van der Waals surface area contributed by atoms with Gasteiger partial charge in [0.15, 0.2) is 5.78 Å². The van der Waals surface area contributed by atoms with Crippen molar-refractivity contribution in [3.8, 4) is 0 Å². The normalized spacial score (nSPS) is 16.5. The van der Waals surface area contributed by atoms with Crippen LogP contribution in [-0.2, 0) is 0 Å². The summed E-state index contributed by atoms with van der Waals surface area (Å²) >= 11 is 0. The molecule has 3 nitrogen and oxygen atoms in total. The standard InChI is InChI=1S/C28H33FN2O/c1-3-30(4-2)20-27(25-10-9-21-7-5-6-8-24(21)19-25)31-17-15-23(16-18-31)28(32)22-11-13-26(29)14-12-22/h5-14,19,23,27H,3-4,15-18,20H2,1-2H3. The first kappa shape index (κ1) is 22.6. The molecular formula is C28H33FN2O. The van der Waals surface area contributed by atoms with Crippen molar-refractivity contribution in [1.82, 2.24) is 9.80 Å². The number of carbonyl (C=O) groups excluding carboxylic acids is 1. The second-order valence-electron chi connectivity index (χ2n) is 8.79. The molecule has 1 heterocycles. The van der Waals surface area contributed by atoms with E-state index in [0.29, 0.717) is 11.6 Å². The van der Waals surface area contributed by atoms with E-state index < -0.39 is 0 Å². The predicted molar refractivity (Wildman–Crippen MR) is 130 cm³/mol. The molecule has 0 saturated carbocycles. The summed E-state index contributed by atoms with van der Waals surface area (Å²) in [6.45, 7) is 9.28. The van der Waals surface area contributed by atoms with Gasteiger partial charge >= 0.3 is 0 Å². The summed E-state index contributed by atoms with van der Waals surface area (Å²) < 4.78 is 13.2. The molecule has 4 rings (SSSR count). The molecule has 0 spiro atoms. The summed E-state index contributed by atoms with van der Waals surface area (Å²) in [6.07, 6.45) is 1.69. The van der Waals surface area contributed by atoms with Crippen LogP contribution in [0.1, 0.15) is 48.7 Å². The highest BCUT2D eigenvalue weighted by atomic mass is 19.1. The van der Waals surface area contributed by atoms with Crippen molar-refractivity contribution < 1.29 is 9.18 Å². The number of rotatable bonds is 8. The third kappa shape index (κ3) is 5.08. The lowest BCUT2D eigenvalue weighted by Crippen LogP contribution is -2.43. The van der Waals surface area contributed by atoms with Gasteiger partial charge in [-0.2, -0.15) is 0 Å². The predicted octanol–water partition coefficient (Wildman–Crippen LogP) is 5.96. The molecule has 1 aliphatic heterocycles. The van der Waals surface area contributed by atoms with Crippen molar-refractivity contribution in [2.24, 2.45) is 5.92 Å². The molecule has 3 aromatic rings. The maximum Gasteiger partial charge on any atom is 0.166 e. The number of fused-ring (bicyclic) bond motifs is 1. The molecule has 1 fully saturated rings. The summed E-state index contributed by atoms with van der Waals surface area (Å²) in [5, 5.41) is 2.54. The highest BCUT2D eigenvalue weighted by Crippen LogP contribution is 2.31. The number of Topliss-reactive ketones (excluding diaryl/α,β-unsaturated/α-hetero) is 1. The van der Waals surface area contributed by atoms with E-state index in [0.717, 1.165) is 45.6 Å². The van der Waals surface area contributed by atoms with Crippen LogP contribution >= 0.6 is 0 Å². The molecule has 0 aliphatic carbocycles. The average Bonchev–Trinajstić information content (AvgIpc) is 2.85. The number of ketones is 1. The number of benzene rings is 3. The van der Waals surface area contributed by atoms with Gasteiger partial charge in [-0.3, -0.25) is 9.69 Å². The lowest BCUT2D eigenvalue weighted by molar-refractivity contribution is 0.0739. The Morgan fingerprint density at radius 1 is 0.969 bits per heavy atom. The van der Waals surface area contributed by atoms with Crippen LogP contribution in [0.4, 0.5) is 4.39 Å². The molecule has 1 saturated heterocycles. The quantitative estimate of drug-likeness (QED) is 0.411. The molecule has 1 atom stereocenters. The molecule has 0 radical (unpaired) electrons. The molecule has 1 aliphatic rings. The van der Waals surface area contributed by atoms with Gasteiger partial charge in [-0.25, -0.2) is 4.39 Å². The Balaban J connectivity index is 1.51. The van der Waals surface area contributed by atoms with Crippen molar-refractivity contribution in [2.45, 2.75) is 32.7 Å². The first-order valence-electron chi connectivity index (χ1n) is 11.8. The van der Waals surface area contributed by atoms with Crippen molar-refractivity contribution in [2.75, 3.05) is 32.7 Å². The van der Waals surface area contributed by atoms with Crippen LogP contribution in [0.15, 0.2) is 66.7 Å². The fourth-order valence-electron chi connectivity index (χ4n) is 4.90. The van der Waals surface area contributed by atoms with Gasteiger partial charge in [0.05, 0.1) is 0 Å². The Bertz CT molecular complexity index is 1040. The Labute approximate surface area is 190 Å². The van der Waals surface area contributed by atoms with Crippen LogP contribution < -0.4 is 0 Å². The SMILES string of the molecule is CCN(CC)CC(c1ccc2ccccc2c1)N1CCC(C(=O)c2ccc(F)cc2)CC1. The van der Waals surface area contributed by atoms with Crippen molar-refractivity contribution in [3.05, 3.63) is 83.7 Å². The zero-order valence-electron chi connectivity index (χ0n) is 19.1. The summed E-state index contributed by atoms with van der Waals surface area (Å²) in [7, 11) is 0. The minimum Gasteiger partial charge on any atom is -0.302 e. The molecule has 1 unspecified atom stereocenters. The second-order valence-corrected chi connectivity index (χ2v) is 8.79. The lowest BCUT2D eigenvalue weighted by atomic mass is 9.87. The fraction of sp³-hybridized carbons (Fsp3) is 0.393. The first-order valence-corrected chi connectivity index (χ1v) is 11.8. The summed E-state index contributed by atoms with van der Waals surface area (Å²) in [5.74, 6) is -0.135. The van der Waals surface area contributed by atoms with Gasteiger partial charge in [0.25, 0.3) is 0 Å². The van der Waals surface area contributed by atoms with Gasteiger partial charge < -0.3 is 4.90 Å². The van der Waals surface area contributed by atoms with E-state index in [1.54, 1.807) is 12.1 Å². The van der Waals surface area contributed by atoms with E-state index >= 15 is 0 Å². The maximum atomic E-state index is 13.2. The molecule has 32 heavy (non-hydrogen) atoms. The van der Waals surface area contributed by atoms with Crippen LogP contribution in [0.3, 0.4) is 0 Å². The van der Waals surface area contributed by atoms with Gasteiger partial charge in [-0.15, -0.1) is 0 Å². The molecular weight excluding hydrogens is 399 g/mol. The van der Waals surface area contributed by atoms with Crippen LogP contribution in [-0.4, -0.2) is 48.3 Å². The van der Waals surface area contributed by atoms with Crippen molar-refractivity contribution in [1.29, 1.82) is 0 Å². The zero-order chi connectivity index (χ0) is 22.5. The number of nitrogens with zero attached hydrogens (tertiary/aromatic N) is 2. The number of likely N-dealkylation sites (N-methyl/N-ethyl adjacent to an activating group) is 1. The number of hydrogen-bond donors (Lipinski definition) is 0. The lowest BCUT2D eigenvalue weighted by Gasteiger charge is -2.39. The second kappa shape index (κ2) is 10.4. The molecule has 4 heteroatoms. The van der Waals surface area contributed by atoms with Crippen molar-refractivity contribution in [3.63, 3.8) is 0 Å². The first-order chi connectivity index (χ1) is 15.6. The van der Waals surface area contributed by atoms with Gasteiger partial charge in [0.2, 0.25) is 0 Å². The molecule has 168 valence electrons. The fourth-order valence-corrected chi connectivity index (χ4v) is 4.90. The molecule has 0 amide bonds. The Morgan fingerprint density at radius 2 is 1.62 bits per heavy atom. The van der Waals surface area contributed by atoms with E-state index in [4.69, 9.17) is 0 Å². The van der Waals surface area contributed by atoms with E-state index in [2.05, 4.69) is 66.1 Å². The number of hydrogen-bond acceptors (Lipinski definition) is 3. The zero-order valence-corrected chi connectivity index (χ0v) is 19.1. The van der Waals surface area contributed by atoms with Crippen LogP contribution in [0, 0.1) is 11.7 Å². The highest BCUT2D eigenvalue weighted by Gasteiger charge is 2.30. The number of piperidine rings is 1. The Kier molecular flexibility index (Phi) is 7.33. The number of halogens is 1. The molecule has 3 aromatic carbocycles. The van der Waals surface area contributed by atoms with Crippen LogP contribution in [0.5, 0.6) is 0 Å². The Hall–Kier alpha value is -2.56. The summed E-state index contributed by atoms with van der Waals surface area (Å²) in [4.78, 5) is 18.0. The van der Waals surface area contributed by atoms with E-state index in [-0.39, 0.29) is 17.5 Å². The smallest absolute Gasteiger partial charge is 0.166 e. The van der Waals surface area contributed by atoms with E-state index in [1.807, 2.05) is 0 Å². The van der Waals surface area contributed by atoms with Crippen LogP contribution in [0.2, 0.25) is 0 Å². The molecule has 0 aromatic heterocycles. The largest absolute Gasteiger partial charge is 0.302 e. The third-order valence-electron chi connectivity index (χ3n) is 6.95. The molecule has 0 bridgehead atoms. The van der Waals surface area contributed by atoms with Gasteiger partial charge in [-0.05, 0) is 85.7 Å².